The molecule has 1 aliphatic heterocycles. The highest BCUT2D eigenvalue weighted by molar-refractivity contribution is 7.87. The van der Waals surface area contributed by atoms with E-state index in [9.17, 15) is 26.4 Å². The van der Waals surface area contributed by atoms with Crippen LogP contribution in [0.15, 0.2) is 53.4 Å². The maximum absolute atomic E-state index is 12.5. The summed E-state index contributed by atoms with van der Waals surface area (Å²) in [5.74, 6) is -1.71. The monoisotopic (exact) mass is 428 g/mol. The van der Waals surface area contributed by atoms with E-state index < -0.39 is 22.2 Å². The minimum absolute atomic E-state index is 0.0395. The van der Waals surface area contributed by atoms with Gasteiger partial charge in [-0.05, 0) is 43.3 Å². The quantitative estimate of drug-likeness (QED) is 0.701. The fourth-order valence-corrected chi connectivity index (χ4v) is 3.87. The van der Waals surface area contributed by atoms with Crippen molar-refractivity contribution in [3.05, 3.63) is 54.1 Å². The molecule has 0 unspecified atom stereocenters. The van der Waals surface area contributed by atoms with Crippen molar-refractivity contribution in [1.82, 2.24) is 4.90 Å². The van der Waals surface area contributed by atoms with Crippen molar-refractivity contribution < 1.29 is 30.6 Å². The van der Waals surface area contributed by atoms with Gasteiger partial charge in [0.05, 0.1) is 0 Å². The third-order valence-corrected chi connectivity index (χ3v) is 5.79. The second kappa shape index (κ2) is 7.94. The Labute approximate surface area is 166 Å². The SMILES string of the molecule is Cc1ccc(S(=O)(=O)Oc2ccc(N3CCN(C(=O)C(F)(F)F)CC3)cc2)cc1. The molecule has 2 aromatic rings. The molecule has 0 spiro atoms. The van der Waals surface area contributed by atoms with Gasteiger partial charge in [-0.2, -0.15) is 21.6 Å². The van der Waals surface area contributed by atoms with E-state index in [4.69, 9.17) is 4.18 Å². The van der Waals surface area contributed by atoms with Gasteiger partial charge in [-0.25, -0.2) is 0 Å². The molecule has 0 N–H and O–H groups in total. The van der Waals surface area contributed by atoms with Gasteiger partial charge in [0.15, 0.2) is 0 Å². The van der Waals surface area contributed by atoms with Gasteiger partial charge in [0.25, 0.3) is 0 Å². The lowest BCUT2D eigenvalue weighted by Gasteiger charge is -2.36. The van der Waals surface area contributed by atoms with Gasteiger partial charge in [-0.15, -0.1) is 0 Å². The van der Waals surface area contributed by atoms with E-state index in [1.165, 1.54) is 24.3 Å². The number of piperazine rings is 1. The lowest BCUT2D eigenvalue weighted by Crippen LogP contribution is -2.52. The average Bonchev–Trinajstić information content (AvgIpc) is 2.67. The Morgan fingerprint density at radius 1 is 0.931 bits per heavy atom. The number of hydrogen-bond donors (Lipinski definition) is 0. The number of hydrogen-bond acceptors (Lipinski definition) is 5. The molecule has 0 atom stereocenters. The largest absolute Gasteiger partial charge is 0.471 e. The van der Waals surface area contributed by atoms with Gasteiger partial charge < -0.3 is 14.0 Å². The Morgan fingerprint density at radius 2 is 1.48 bits per heavy atom. The first kappa shape index (κ1) is 21.0. The number of amides is 1. The van der Waals surface area contributed by atoms with E-state index in [1.54, 1.807) is 24.3 Å². The van der Waals surface area contributed by atoms with Crippen molar-refractivity contribution in [3.63, 3.8) is 0 Å². The molecule has 10 heteroatoms. The molecule has 0 aliphatic carbocycles. The summed E-state index contributed by atoms with van der Waals surface area (Å²) in [7, 11) is -3.96. The highest BCUT2D eigenvalue weighted by Crippen LogP contribution is 2.25. The third kappa shape index (κ3) is 5.00. The van der Waals surface area contributed by atoms with Crippen molar-refractivity contribution in [2.75, 3.05) is 31.1 Å². The first-order valence-corrected chi connectivity index (χ1v) is 10.2. The number of anilines is 1. The molecule has 6 nitrogen and oxygen atoms in total. The standard InChI is InChI=1S/C19H19F3N2O4S/c1-14-2-8-17(9-3-14)29(26,27)28-16-6-4-15(5-7-16)23-10-12-24(13-11-23)18(25)19(20,21)22/h2-9H,10-13H2,1H3. The predicted molar refractivity (Wildman–Crippen MR) is 100 cm³/mol. The molecule has 1 aliphatic rings. The molecule has 0 aromatic heterocycles. The van der Waals surface area contributed by atoms with Gasteiger partial charge in [0.1, 0.15) is 10.6 Å². The summed E-state index contributed by atoms with van der Waals surface area (Å²) in [6.45, 7) is 2.24. The van der Waals surface area contributed by atoms with Crippen molar-refractivity contribution in [2.45, 2.75) is 18.0 Å². The molecule has 1 fully saturated rings. The van der Waals surface area contributed by atoms with E-state index in [-0.39, 0.29) is 36.8 Å². The van der Waals surface area contributed by atoms with Gasteiger partial charge in [-0.1, -0.05) is 17.7 Å². The summed E-state index contributed by atoms with van der Waals surface area (Å²) in [5.41, 5.74) is 1.62. The molecule has 0 bridgehead atoms. The first-order chi connectivity index (χ1) is 13.6. The Kier molecular flexibility index (Phi) is 5.74. The molecule has 3 rings (SSSR count). The minimum atomic E-state index is -4.87. The fraction of sp³-hybridized carbons (Fsp3) is 0.316. The van der Waals surface area contributed by atoms with E-state index in [1.807, 2.05) is 11.8 Å². The van der Waals surface area contributed by atoms with E-state index in [2.05, 4.69) is 0 Å². The van der Waals surface area contributed by atoms with Crippen LogP contribution in [0.2, 0.25) is 0 Å². The van der Waals surface area contributed by atoms with Crippen LogP contribution in [-0.2, 0) is 14.9 Å². The number of carbonyl (C=O) groups excluding carboxylic acids is 1. The number of benzene rings is 2. The summed E-state index contributed by atoms with van der Waals surface area (Å²) in [5, 5.41) is 0. The van der Waals surface area contributed by atoms with Crippen molar-refractivity contribution in [2.24, 2.45) is 0 Å². The number of nitrogens with zero attached hydrogens (tertiary/aromatic N) is 2. The Balaban J connectivity index is 1.62. The summed E-state index contributed by atoms with van der Waals surface area (Å²) < 4.78 is 67.3. The van der Waals surface area contributed by atoms with Crippen LogP contribution in [0.25, 0.3) is 0 Å². The average molecular weight is 428 g/mol. The van der Waals surface area contributed by atoms with Crippen molar-refractivity contribution in [3.8, 4) is 5.75 Å². The maximum Gasteiger partial charge on any atom is 0.471 e. The zero-order chi connectivity index (χ0) is 21.2. The number of alkyl halides is 3. The lowest BCUT2D eigenvalue weighted by atomic mass is 10.2. The van der Waals surface area contributed by atoms with Crippen LogP contribution in [0.3, 0.4) is 0 Å². The molecule has 29 heavy (non-hydrogen) atoms. The van der Waals surface area contributed by atoms with E-state index >= 15 is 0 Å². The summed E-state index contributed by atoms with van der Waals surface area (Å²) in [6.07, 6.45) is -4.87. The molecule has 1 saturated heterocycles. The third-order valence-electron chi connectivity index (χ3n) is 4.53. The zero-order valence-electron chi connectivity index (χ0n) is 15.5. The smallest absolute Gasteiger partial charge is 0.379 e. The molecule has 1 amide bonds. The Morgan fingerprint density at radius 3 is 2.00 bits per heavy atom. The van der Waals surface area contributed by atoms with E-state index in [0.717, 1.165) is 10.5 Å². The number of rotatable bonds is 4. The predicted octanol–water partition coefficient (Wildman–Crippen LogP) is 2.97. The van der Waals surface area contributed by atoms with Crippen LogP contribution in [0.1, 0.15) is 5.56 Å². The lowest BCUT2D eigenvalue weighted by molar-refractivity contribution is -0.185. The summed E-state index contributed by atoms with van der Waals surface area (Å²) >= 11 is 0. The number of carbonyl (C=O) groups is 1. The Bertz CT molecular complexity index is 966. The molecule has 156 valence electrons. The van der Waals surface area contributed by atoms with Gasteiger partial charge >= 0.3 is 22.2 Å². The molecular formula is C19H19F3N2O4S. The molecule has 0 saturated carbocycles. The van der Waals surface area contributed by atoms with Crippen molar-refractivity contribution >= 4 is 21.7 Å². The second-order valence-corrected chi connectivity index (χ2v) is 8.17. The highest BCUT2D eigenvalue weighted by atomic mass is 32.2. The first-order valence-electron chi connectivity index (χ1n) is 8.78. The number of halogens is 3. The minimum Gasteiger partial charge on any atom is -0.379 e. The van der Waals surface area contributed by atoms with Gasteiger partial charge in [0.2, 0.25) is 0 Å². The maximum atomic E-state index is 12.5. The van der Waals surface area contributed by atoms with Crippen LogP contribution in [0, 0.1) is 6.92 Å². The van der Waals surface area contributed by atoms with Crippen LogP contribution in [-0.4, -0.2) is 51.6 Å². The van der Waals surface area contributed by atoms with Crippen LogP contribution in [0.5, 0.6) is 5.75 Å². The topological polar surface area (TPSA) is 66.9 Å². The van der Waals surface area contributed by atoms with Crippen LogP contribution >= 0.6 is 0 Å². The molecule has 1 heterocycles. The van der Waals surface area contributed by atoms with Gasteiger partial charge in [-0.3, -0.25) is 4.79 Å². The fourth-order valence-electron chi connectivity index (χ4n) is 2.94. The molecule has 2 aromatic carbocycles. The normalized spacial score (nSPS) is 15.3. The molecule has 0 radical (unpaired) electrons. The van der Waals surface area contributed by atoms with Crippen molar-refractivity contribution in [1.29, 1.82) is 0 Å². The van der Waals surface area contributed by atoms with E-state index in [0.29, 0.717) is 5.69 Å². The zero-order valence-corrected chi connectivity index (χ0v) is 16.3. The molecular weight excluding hydrogens is 409 g/mol. The van der Waals surface area contributed by atoms with Crippen LogP contribution in [0.4, 0.5) is 18.9 Å². The highest BCUT2D eigenvalue weighted by Gasteiger charge is 2.43. The van der Waals surface area contributed by atoms with Gasteiger partial charge in [0, 0.05) is 31.9 Å². The Hall–Kier alpha value is -2.75. The summed E-state index contributed by atoms with van der Waals surface area (Å²) in [4.78, 5) is 13.9. The second-order valence-electron chi connectivity index (χ2n) is 6.62. The number of aryl methyl sites for hydroxylation is 1. The van der Waals surface area contributed by atoms with Crippen LogP contribution < -0.4 is 9.08 Å². The summed E-state index contributed by atoms with van der Waals surface area (Å²) in [6, 6.07) is 12.5.